The van der Waals surface area contributed by atoms with E-state index in [4.69, 9.17) is 0 Å². The zero-order valence-electron chi connectivity index (χ0n) is 11.7. The second-order valence-corrected chi connectivity index (χ2v) is 4.73. The van der Waals surface area contributed by atoms with E-state index in [0.717, 1.165) is 0 Å². The molecular weight excluding hydrogens is 288 g/mol. The number of rotatable bonds is 4. The Morgan fingerprint density at radius 3 is 2.41 bits per heavy atom. The third-order valence-corrected chi connectivity index (χ3v) is 3.05. The van der Waals surface area contributed by atoms with Gasteiger partial charge in [-0.05, 0) is 24.6 Å². The third kappa shape index (κ3) is 3.32. The lowest BCUT2D eigenvalue weighted by Gasteiger charge is -2.14. The fraction of sp³-hybridized carbons (Fsp3) is 0.133. The van der Waals surface area contributed by atoms with Crippen LogP contribution in [0.5, 0.6) is 5.75 Å². The van der Waals surface area contributed by atoms with Crippen molar-refractivity contribution in [2.75, 3.05) is 0 Å². The zero-order chi connectivity index (χ0) is 16.3. The molecule has 22 heavy (non-hydrogen) atoms. The lowest BCUT2D eigenvalue weighted by atomic mass is 10.1. The first-order valence-corrected chi connectivity index (χ1v) is 6.40. The predicted octanol–water partition coefficient (Wildman–Crippen LogP) is 0.945. The van der Waals surface area contributed by atoms with Crippen LogP contribution in [0.15, 0.2) is 41.3 Å². The normalized spacial score (nSPS) is 11.7. The number of phenols is 1. The van der Waals surface area contributed by atoms with Crippen LogP contribution >= 0.6 is 0 Å². The van der Waals surface area contributed by atoms with Gasteiger partial charge in [-0.2, -0.15) is 0 Å². The first kappa shape index (κ1) is 15.3. The second kappa shape index (κ2) is 6.13. The summed E-state index contributed by atoms with van der Waals surface area (Å²) < 4.78 is 0. The lowest BCUT2D eigenvalue weighted by molar-refractivity contribution is -0.139. The number of carboxylic acids is 1. The van der Waals surface area contributed by atoms with Gasteiger partial charge in [0.15, 0.2) is 11.5 Å². The Balaban J connectivity index is 2.28. The summed E-state index contributed by atoms with van der Waals surface area (Å²) in [5.41, 5.74) is 0.205. The van der Waals surface area contributed by atoms with Crippen LogP contribution in [-0.4, -0.2) is 27.1 Å². The van der Waals surface area contributed by atoms with Gasteiger partial charge < -0.3 is 20.5 Å². The zero-order valence-corrected chi connectivity index (χ0v) is 11.7. The summed E-state index contributed by atoms with van der Waals surface area (Å²) in [6.45, 7) is 1.67. The monoisotopic (exact) mass is 302 g/mol. The molecular formula is C15H14N2O5. The summed E-state index contributed by atoms with van der Waals surface area (Å²) in [7, 11) is 0. The molecule has 2 rings (SSSR count). The number of phenolic OH excluding ortho intramolecular Hbond substituents is 1. The summed E-state index contributed by atoms with van der Waals surface area (Å²) in [6, 6.07) is 5.33. The van der Waals surface area contributed by atoms with E-state index < -0.39 is 23.3 Å². The van der Waals surface area contributed by atoms with Gasteiger partial charge in [0.25, 0.3) is 5.91 Å². The molecule has 1 heterocycles. The summed E-state index contributed by atoms with van der Waals surface area (Å²) in [5, 5.41) is 20.7. The van der Waals surface area contributed by atoms with Gasteiger partial charge in [0, 0.05) is 18.0 Å². The van der Waals surface area contributed by atoms with Crippen molar-refractivity contribution in [2.45, 2.75) is 13.0 Å². The largest absolute Gasteiger partial charge is 0.508 e. The molecule has 1 atom stereocenters. The highest BCUT2D eigenvalue weighted by Crippen LogP contribution is 2.17. The van der Waals surface area contributed by atoms with Gasteiger partial charge in [-0.1, -0.05) is 12.1 Å². The van der Waals surface area contributed by atoms with Gasteiger partial charge in [-0.3, -0.25) is 9.59 Å². The molecule has 1 aromatic heterocycles. The number of aromatic hydroxyl groups is 1. The van der Waals surface area contributed by atoms with Crippen molar-refractivity contribution in [3.8, 4) is 5.75 Å². The SMILES string of the molecule is Cc1cc(=O)c(C(=O)NC(C(=O)O)c2ccc(O)cc2)c[nH]1. The molecule has 0 spiro atoms. The number of aliphatic carboxylic acids is 1. The average molecular weight is 302 g/mol. The Morgan fingerprint density at radius 2 is 1.86 bits per heavy atom. The van der Waals surface area contributed by atoms with E-state index in [9.17, 15) is 24.6 Å². The molecule has 0 fully saturated rings. The van der Waals surface area contributed by atoms with Crippen LogP contribution in [0, 0.1) is 6.92 Å². The number of aryl methyl sites for hydroxylation is 1. The minimum absolute atomic E-state index is 0.0193. The summed E-state index contributed by atoms with van der Waals surface area (Å²) in [5.74, 6) is -2.08. The van der Waals surface area contributed by atoms with Crippen molar-refractivity contribution < 1.29 is 19.8 Å². The number of carboxylic acid groups (broad SMARTS) is 1. The molecule has 7 heteroatoms. The number of aromatic nitrogens is 1. The molecule has 1 aromatic carbocycles. The van der Waals surface area contributed by atoms with Crippen LogP contribution < -0.4 is 10.7 Å². The average Bonchev–Trinajstić information content (AvgIpc) is 2.45. The van der Waals surface area contributed by atoms with Gasteiger partial charge in [-0.25, -0.2) is 4.79 Å². The molecule has 1 amide bonds. The molecule has 0 radical (unpaired) electrons. The molecule has 1 unspecified atom stereocenters. The van der Waals surface area contributed by atoms with Gasteiger partial charge >= 0.3 is 5.97 Å². The molecule has 0 aliphatic heterocycles. The van der Waals surface area contributed by atoms with E-state index in [-0.39, 0.29) is 16.9 Å². The van der Waals surface area contributed by atoms with E-state index in [1.54, 1.807) is 6.92 Å². The van der Waals surface area contributed by atoms with Crippen LogP contribution in [-0.2, 0) is 4.79 Å². The number of nitrogens with one attached hydrogen (secondary N) is 2. The molecule has 0 bridgehead atoms. The third-order valence-electron chi connectivity index (χ3n) is 3.05. The molecule has 0 aliphatic carbocycles. The van der Waals surface area contributed by atoms with Crippen molar-refractivity contribution in [1.29, 1.82) is 0 Å². The number of carbonyl (C=O) groups is 2. The fourth-order valence-electron chi connectivity index (χ4n) is 1.91. The number of H-pyrrole nitrogens is 1. The lowest BCUT2D eigenvalue weighted by Crippen LogP contribution is -2.36. The number of hydrogen-bond donors (Lipinski definition) is 4. The maximum Gasteiger partial charge on any atom is 0.330 e. The first-order valence-electron chi connectivity index (χ1n) is 6.40. The minimum Gasteiger partial charge on any atom is -0.508 e. The first-order chi connectivity index (χ1) is 10.4. The topological polar surface area (TPSA) is 119 Å². The number of amides is 1. The van der Waals surface area contributed by atoms with Gasteiger partial charge in [0.05, 0.1) is 0 Å². The van der Waals surface area contributed by atoms with E-state index in [1.807, 2.05) is 0 Å². The Kier molecular flexibility index (Phi) is 4.26. The molecule has 0 aliphatic rings. The summed E-state index contributed by atoms with van der Waals surface area (Å²) in [6.07, 6.45) is 1.24. The summed E-state index contributed by atoms with van der Waals surface area (Å²) in [4.78, 5) is 37.9. The molecule has 4 N–H and O–H groups in total. The van der Waals surface area contributed by atoms with Gasteiger partial charge in [0.2, 0.25) is 0 Å². The highest BCUT2D eigenvalue weighted by molar-refractivity contribution is 5.96. The smallest absolute Gasteiger partial charge is 0.330 e. The van der Waals surface area contributed by atoms with Gasteiger partial charge in [0.1, 0.15) is 11.3 Å². The molecule has 7 nitrogen and oxygen atoms in total. The molecule has 0 saturated carbocycles. The van der Waals surface area contributed by atoms with Crippen LogP contribution in [0.4, 0.5) is 0 Å². The van der Waals surface area contributed by atoms with Crippen molar-refractivity contribution in [3.05, 3.63) is 63.6 Å². The Hall–Kier alpha value is -3.09. The molecule has 2 aromatic rings. The fourth-order valence-corrected chi connectivity index (χ4v) is 1.91. The van der Waals surface area contributed by atoms with E-state index in [1.165, 1.54) is 36.5 Å². The van der Waals surface area contributed by atoms with Crippen molar-refractivity contribution in [2.24, 2.45) is 0 Å². The van der Waals surface area contributed by atoms with E-state index >= 15 is 0 Å². The number of aromatic amines is 1. The molecule has 114 valence electrons. The Labute approximate surface area is 125 Å². The number of carbonyl (C=O) groups excluding carboxylic acids is 1. The predicted molar refractivity (Wildman–Crippen MR) is 77.7 cm³/mol. The quantitative estimate of drug-likeness (QED) is 0.670. The van der Waals surface area contributed by atoms with Gasteiger partial charge in [-0.15, -0.1) is 0 Å². The Bertz CT molecular complexity index is 764. The van der Waals surface area contributed by atoms with E-state index in [2.05, 4.69) is 10.3 Å². The molecule has 0 saturated heterocycles. The van der Waals surface area contributed by atoms with Crippen LogP contribution in [0.2, 0.25) is 0 Å². The number of benzene rings is 1. The Morgan fingerprint density at radius 1 is 1.23 bits per heavy atom. The van der Waals surface area contributed by atoms with Crippen molar-refractivity contribution in [3.63, 3.8) is 0 Å². The standard InChI is InChI=1S/C15H14N2O5/c1-8-6-12(19)11(7-16-8)14(20)17-13(15(21)22)9-2-4-10(18)5-3-9/h2-7,13,18H,1H3,(H,16,19)(H,17,20)(H,21,22). The van der Waals surface area contributed by atoms with Crippen LogP contribution in [0.1, 0.15) is 27.7 Å². The highest BCUT2D eigenvalue weighted by Gasteiger charge is 2.23. The minimum atomic E-state index is -1.33. The number of hydrogen-bond acceptors (Lipinski definition) is 4. The summed E-state index contributed by atoms with van der Waals surface area (Å²) >= 11 is 0. The number of pyridine rings is 1. The van der Waals surface area contributed by atoms with Crippen LogP contribution in [0.3, 0.4) is 0 Å². The second-order valence-electron chi connectivity index (χ2n) is 4.73. The highest BCUT2D eigenvalue weighted by atomic mass is 16.4. The van der Waals surface area contributed by atoms with E-state index in [0.29, 0.717) is 5.69 Å². The van der Waals surface area contributed by atoms with Crippen molar-refractivity contribution >= 4 is 11.9 Å². The van der Waals surface area contributed by atoms with Crippen molar-refractivity contribution in [1.82, 2.24) is 10.3 Å². The van der Waals surface area contributed by atoms with Crippen LogP contribution in [0.25, 0.3) is 0 Å². The maximum atomic E-state index is 12.1. The maximum absolute atomic E-state index is 12.1.